The molecule has 0 saturated heterocycles. The molecule has 2 aromatic rings. The van der Waals surface area contributed by atoms with E-state index in [2.05, 4.69) is 55.6 Å². The lowest BCUT2D eigenvalue weighted by Crippen LogP contribution is -2.18. The molecule has 1 unspecified atom stereocenters. The van der Waals surface area contributed by atoms with Gasteiger partial charge in [-0.25, -0.2) is 0 Å². The molecule has 0 saturated carbocycles. The lowest BCUT2D eigenvalue weighted by molar-refractivity contribution is 0.660. The Morgan fingerprint density at radius 1 is 1.00 bits per heavy atom. The van der Waals surface area contributed by atoms with Crippen molar-refractivity contribution >= 4 is 33.9 Å². The molecule has 106 valence electrons. The van der Waals surface area contributed by atoms with Crippen LogP contribution in [0.5, 0.6) is 0 Å². The molecule has 1 aliphatic carbocycles. The van der Waals surface area contributed by atoms with Crippen molar-refractivity contribution in [1.29, 1.82) is 0 Å². The molecular weight excluding hydrogens is 301 g/mol. The van der Waals surface area contributed by atoms with E-state index in [0.29, 0.717) is 5.03 Å². The van der Waals surface area contributed by atoms with E-state index in [1.54, 1.807) is 0 Å². The van der Waals surface area contributed by atoms with Gasteiger partial charge in [-0.05, 0) is 40.5 Å². The van der Waals surface area contributed by atoms with Crippen LogP contribution in [-0.4, -0.2) is 5.50 Å². The number of halogens is 2. The second-order valence-electron chi connectivity index (χ2n) is 6.17. The first-order chi connectivity index (χ1) is 9.98. The first kappa shape index (κ1) is 13.2. The summed E-state index contributed by atoms with van der Waals surface area (Å²) >= 11 is 12.6. The summed E-state index contributed by atoms with van der Waals surface area (Å²) in [5, 5.41) is 4.01. The molecule has 21 heavy (non-hydrogen) atoms. The van der Waals surface area contributed by atoms with Crippen molar-refractivity contribution in [2.24, 2.45) is 0 Å². The predicted octanol–water partition coefficient (Wildman–Crippen LogP) is 5.56. The minimum atomic E-state index is -0.255. The molecule has 1 nitrogen and oxygen atoms in total. The van der Waals surface area contributed by atoms with E-state index in [-0.39, 0.29) is 10.9 Å². The van der Waals surface area contributed by atoms with Crippen LogP contribution in [0.4, 0.5) is 5.69 Å². The molecular formula is C18H15Cl2N. The summed E-state index contributed by atoms with van der Waals surface area (Å²) in [4.78, 5) is 0. The van der Waals surface area contributed by atoms with Gasteiger partial charge in [-0.2, -0.15) is 0 Å². The van der Waals surface area contributed by atoms with Crippen molar-refractivity contribution < 1.29 is 0 Å². The van der Waals surface area contributed by atoms with Crippen LogP contribution in [-0.2, 0) is 5.41 Å². The van der Waals surface area contributed by atoms with Gasteiger partial charge in [0.25, 0.3) is 0 Å². The van der Waals surface area contributed by atoms with E-state index < -0.39 is 0 Å². The third-order valence-electron chi connectivity index (χ3n) is 4.56. The van der Waals surface area contributed by atoms with Gasteiger partial charge in [-0.3, -0.25) is 0 Å². The van der Waals surface area contributed by atoms with Gasteiger partial charge in [0, 0.05) is 21.7 Å². The fourth-order valence-corrected chi connectivity index (χ4v) is 4.06. The van der Waals surface area contributed by atoms with Crippen molar-refractivity contribution in [1.82, 2.24) is 0 Å². The van der Waals surface area contributed by atoms with Crippen LogP contribution in [0, 0.1) is 0 Å². The van der Waals surface area contributed by atoms with Crippen LogP contribution >= 0.6 is 23.2 Å². The Balaban J connectivity index is 2.02. The monoisotopic (exact) mass is 315 g/mol. The van der Waals surface area contributed by atoms with Crippen molar-refractivity contribution in [3.05, 3.63) is 59.2 Å². The summed E-state index contributed by atoms with van der Waals surface area (Å²) in [5.74, 6) is 0. The summed E-state index contributed by atoms with van der Waals surface area (Å²) in [6.45, 7) is 4.53. The number of fused-ring (bicyclic) bond motifs is 4. The van der Waals surface area contributed by atoms with E-state index in [1.807, 2.05) is 6.08 Å². The topological polar surface area (TPSA) is 12.0 Å². The summed E-state index contributed by atoms with van der Waals surface area (Å²) in [6.07, 6.45) is 1.84. The molecule has 0 spiro atoms. The molecule has 1 atom stereocenters. The summed E-state index contributed by atoms with van der Waals surface area (Å²) < 4.78 is 0. The van der Waals surface area contributed by atoms with E-state index in [4.69, 9.17) is 23.2 Å². The molecule has 4 rings (SSSR count). The van der Waals surface area contributed by atoms with Crippen molar-refractivity contribution in [2.45, 2.75) is 24.8 Å². The average Bonchev–Trinajstić information content (AvgIpc) is 2.66. The molecule has 3 heteroatoms. The van der Waals surface area contributed by atoms with Gasteiger partial charge in [-0.1, -0.05) is 61.3 Å². The number of anilines is 1. The van der Waals surface area contributed by atoms with Gasteiger partial charge in [-0.15, -0.1) is 0 Å². The second-order valence-corrected chi connectivity index (χ2v) is 7.05. The highest BCUT2D eigenvalue weighted by Gasteiger charge is 2.36. The molecule has 2 aromatic carbocycles. The van der Waals surface area contributed by atoms with Crippen LogP contribution in [0.3, 0.4) is 0 Å². The standard InChI is InChI=1S/C18H15Cl2N/c1-18(2)13-6-4-3-5-10(13)11-7-12-15(19)9-17(20)21-16(12)8-14(11)18/h3-9,17,21H,1-2H3. The highest BCUT2D eigenvalue weighted by atomic mass is 35.5. The zero-order valence-electron chi connectivity index (χ0n) is 11.9. The smallest absolute Gasteiger partial charge is 0.122 e. The molecule has 0 amide bonds. The summed E-state index contributed by atoms with van der Waals surface area (Å²) in [7, 11) is 0. The number of hydrogen-bond acceptors (Lipinski definition) is 1. The predicted molar refractivity (Wildman–Crippen MR) is 91.1 cm³/mol. The largest absolute Gasteiger partial charge is 0.365 e. The Morgan fingerprint density at radius 2 is 1.76 bits per heavy atom. The molecule has 0 aromatic heterocycles. The van der Waals surface area contributed by atoms with Gasteiger partial charge in [0.05, 0.1) is 0 Å². The van der Waals surface area contributed by atoms with Crippen LogP contribution in [0.1, 0.15) is 30.5 Å². The molecule has 0 radical (unpaired) electrons. The molecule has 0 fully saturated rings. The average molecular weight is 316 g/mol. The van der Waals surface area contributed by atoms with Crippen molar-refractivity contribution in [3.63, 3.8) is 0 Å². The van der Waals surface area contributed by atoms with Gasteiger partial charge in [0.2, 0.25) is 0 Å². The number of nitrogens with one attached hydrogen (secondary N) is 1. The lowest BCUT2D eigenvalue weighted by atomic mass is 9.82. The Hall–Kier alpha value is -1.44. The van der Waals surface area contributed by atoms with E-state index in [1.165, 1.54) is 22.3 Å². The van der Waals surface area contributed by atoms with Crippen LogP contribution < -0.4 is 5.32 Å². The fourth-order valence-electron chi connectivity index (χ4n) is 3.47. The van der Waals surface area contributed by atoms with E-state index >= 15 is 0 Å². The maximum atomic E-state index is 6.38. The Labute approximate surface area is 134 Å². The zero-order valence-corrected chi connectivity index (χ0v) is 13.4. The van der Waals surface area contributed by atoms with Gasteiger partial charge in [0.15, 0.2) is 0 Å². The highest BCUT2D eigenvalue weighted by molar-refractivity contribution is 6.50. The third-order valence-corrected chi connectivity index (χ3v) is 5.13. The molecule has 2 aliphatic rings. The molecule has 1 N–H and O–H groups in total. The normalized spacial score (nSPS) is 21.0. The summed E-state index contributed by atoms with van der Waals surface area (Å²) in [5.41, 5.74) is 7.05. The number of hydrogen-bond donors (Lipinski definition) is 1. The first-order valence-corrected chi connectivity index (χ1v) is 7.86. The second kappa shape index (κ2) is 4.28. The van der Waals surface area contributed by atoms with Crippen LogP contribution in [0.15, 0.2) is 42.5 Å². The number of benzene rings is 2. The first-order valence-electron chi connectivity index (χ1n) is 7.05. The van der Waals surface area contributed by atoms with Gasteiger partial charge in [0.1, 0.15) is 5.50 Å². The van der Waals surface area contributed by atoms with Gasteiger partial charge < -0.3 is 5.32 Å². The molecule has 1 aliphatic heterocycles. The summed E-state index contributed by atoms with van der Waals surface area (Å²) in [6, 6.07) is 13.0. The zero-order chi connectivity index (χ0) is 14.8. The van der Waals surface area contributed by atoms with Crippen molar-refractivity contribution in [3.8, 4) is 11.1 Å². The highest BCUT2D eigenvalue weighted by Crippen LogP contribution is 2.51. The Bertz CT molecular complexity index is 790. The van der Waals surface area contributed by atoms with E-state index in [0.717, 1.165) is 11.3 Å². The number of alkyl halides is 1. The quantitative estimate of drug-likeness (QED) is 0.495. The van der Waals surface area contributed by atoms with Crippen molar-refractivity contribution in [2.75, 3.05) is 5.32 Å². The SMILES string of the molecule is CC1(C)c2ccccc2-c2cc3c(cc21)NC(Cl)C=C3Cl. The molecule has 1 heterocycles. The third kappa shape index (κ3) is 1.77. The van der Waals surface area contributed by atoms with Gasteiger partial charge >= 0.3 is 0 Å². The Kier molecular flexibility index (Phi) is 2.70. The maximum absolute atomic E-state index is 6.38. The Morgan fingerprint density at radius 3 is 2.57 bits per heavy atom. The maximum Gasteiger partial charge on any atom is 0.122 e. The lowest BCUT2D eigenvalue weighted by Gasteiger charge is -2.25. The minimum Gasteiger partial charge on any atom is -0.365 e. The molecule has 0 bridgehead atoms. The fraction of sp³-hybridized carbons (Fsp3) is 0.222. The van der Waals surface area contributed by atoms with E-state index in [9.17, 15) is 0 Å². The minimum absolute atomic E-state index is 0.00190. The number of rotatable bonds is 0. The van der Waals surface area contributed by atoms with Crippen LogP contribution in [0.25, 0.3) is 16.2 Å². The van der Waals surface area contributed by atoms with Crippen LogP contribution in [0.2, 0.25) is 0 Å².